The van der Waals surface area contributed by atoms with Crippen molar-refractivity contribution in [3.63, 3.8) is 0 Å². The molecule has 2 amide bonds. The molecular formula is C17H16FN3O2S. The molecule has 0 N–H and O–H groups in total. The minimum absolute atomic E-state index is 0.0852. The van der Waals surface area contributed by atoms with Gasteiger partial charge < -0.3 is 0 Å². The molecule has 7 heteroatoms. The first kappa shape index (κ1) is 15.4. The first-order valence-electron chi connectivity index (χ1n) is 7.81. The fourth-order valence-electron chi connectivity index (χ4n) is 3.32. The number of thioether (sulfide) groups is 1. The topological polar surface area (TPSA) is 55.2 Å². The number of imide groups is 1. The van der Waals surface area contributed by atoms with E-state index in [0.717, 1.165) is 17.9 Å². The molecule has 1 spiro atoms. The molecule has 0 saturated carbocycles. The van der Waals surface area contributed by atoms with E-state index in [2.05, 4.69) is 5.10 Å². The van der Waals surface area contributed by atoms with Gasteiger partial charge in [-0.05, 0) is 30.4 Å². The number of halogens is 1. The van der Waals surface area contributed by atoms with Crippen LogP contribution in [-0.4, -0.2) is 38.0 Å². The second kappa shape index (κ2) is 5.73. The second-order valence-electron chi connectivity index (χ2n) is 6.25. The molecule has 0 unspecified atom stereocenters. The monoisotopic (exact) mass is 345 g/mol. The molecule has 2 aliphatic heterocycles. The summed E-state index contributed by atoms with van der Waals surface area (Å²) in [5.41, 5.74) is 0.407. The highest BCUT2D eigenvalue weighted by Gasteiger charge is 2.53. The van der Waals surface area contributed by atoms with Gasteiger partial charge in [0.15, 0.2) is 0 Å². The molecule has 2 fully saturated rings. The predicted octanol–water partition coefficient (Wildman–Crippen LogP) is 2.39. The van der Waals surface area contributed by atoms with Crippen molar-refractivity contribution >= 4 is 23.6 Å². The lowest BCUT2D eigenvalue weighted by Crippen LogP contribution is -2.35. The average molecular weight is 345 g/mol. The molecule has 1 atom stereocenters. The average Bonchev–Trinajstić information content (AvgIpc) is 3.26. The van der Waals surface area contributed by atoms with Crippen LogP contribution in [0.1, 0.15) is 18.5 Å². The van der Waals surface area contributed by atoms with E-state index in [-0.39, 0.29) is 24.2 Å². The van der Waals surface area contributed by atoms with Gasteiger partial charge in [-0.3, -0.25) is 14.5 Å². The number of carbonyl (C=O) groups is 2. The van der Waals surface area contributed by atoms with Crippen molar-refractivity contribution in [2.75, 3.05) is 11.5 Å². The Kier molecular flexibility index (Phi) is 3.68. The van der Waals surface area contributed by atoms with E-state index in [1.165, 1.54) is 15.6 Å². The fourth-order valence-corrected chi connectivity index (χ4v) is 4.76. The quantitative estimate of drug-likeness (QED) is 0.802. The molecule has 1 aromatic carbocycles. The van der Waals surface area contributed by atoms with E-state index in [9.17, 15) is 14.0 Å². The summed E-state index contributed by atoms with van der Waals surface area (Å²) in [6.45, 7) is 0.144. The molecule has 2 saturated heterocycles. The molecule has 0 aliphatic carbocycles. The Morgan fingerprint density at radius 2 is 2.08 bits per heavy atom. The Labute approximate surface area is 142 Å². The fraction of sp³-hybridized carbons (Fsp3) is 0.353. The minimum Gasteiger partial charge on any atom is -0.276 e. The minimum atomic E-state index is -0.504. The van der Waals surface area contributed by atoms with Gasteiger partial charge in [-0.25, -0.2) is 9.07 Å². The highest BCUT2D eigenvalue weighted by Crippen LogP contribution is 2.45. The number of likely N-dealkylation sites (tertiary alicyclic amines) is 1. The molecule has 0 radical (unpaired) electrons. The van der Waals surface area contributed by atoms with E-state index < -0.39 is 5.41 Å². The van der Waals surface area contributed by atoms with Crippen LogP contribution in [0.3, 0.4) is 0 Å². The van der Waals surface area contributed by atoms with Gasteiger partial charge in [0.05, 0.1) is 17.7 Å². The van der Waals surface area contributed by atoms with E-state index in [1.807, 2.05) is 0 Å². The van der Waals surface area contributed by atoms with E-state index in [1.54, 1.807) is 42.2 Å². The largest absolute Gasteiger partial charge is 0.276 e. The van der Waals surface area contributed by atoms with Crippen molar-refractivity contribution < 1.29 is 14.0 Å². The van der Waals surface area contributed by atoms with Crippen LogP contribution < -0.4 is 0 Å². The van der Waals surface area contributed by atoms with Gasteiger partial charge in [-0.2, -0.15) is 16.9 Å². The van der Waals surface area contributed by atoms with Gasteiger partial charge in [0.25, 0.3) is 0 Å². The summed E-state index contributed by atoms with van der Waals surface area (Å²) < 4.78 is 15.3. The second-order valence-corrected chi connectivity index (χ2v) is 7.35. The third kappa shape index (κ3) is 2.43. The number of carbonyl (C=O) groups excluding carboxylic acids is 2. The van der Waals surface area contributed by atoms with Crippen molar-refractivity contribution in [2.45, 2.75) is 19.4 Å². The number of hydrogen-bond donors (Lipinski definition) is 0. The number of nitrogens with zero attached hydrogens (tertiary/aromatic N) is 3. The van der Waals surface area contributed by atoms with Crippen LogP contribution in [0.15, 0.2) is 36.5 Å². The number of aromatic nitrogens is 2. The Bertz CT molecular complexity index is 814. The lowest BCUT2D eigenvalue weighted by Gasteiger charge is -2.19. The van der Waals surface area contributed by atoms with E-state index in [4.69, 9.17) is 0 Å². The Hall–Kier alpha value is -2.15. The first-order valence-corrected chi connectivity index (χ1v) is 8.97. The lowest BCUT2D eigenvalue weighted by atomic mass is 9.86. The van der Waals surface area contributed by atoms with Crippen molar-refractivity contribution in [1.82, 2.24) is 14.7 Å². The number of hydrogen-bond acceptors (Lipinski definition) is 4. The van der Waals surface area contributed by atoms with Gasteiger partial charge in [0.2, 0.25) is 11.8 Å². The van der Waals surface area contributed by atoms with Gasteiger partial charge in [0, 0.05) is 18.4 Å². The lowest BCUT2D eigenvalue weighted by molar-refractivity contribution is -0.141. The molecule has 4 rings (SSSR count). The zero-order chi connectivity index (χ0) is 16.7. The Balaban J connectivity index is 1.55. The number of amides is 2. The summed E-state index contributed by atoms with van der Waals surface area (Å²) in [7, 11) is 0. The molecule has 124 valence electrons. The van der Waals surface area contributed by atoms with E-state index in [0.29, 0.717) is 17.8 Å². The molecule has 24 heavy (non-hydrogen) atoms. The summed E-state index contributed by atoms with van der Waals surface area (Å²) in [5, 5.41) is 4.31. The molecular weight excluding hydrogens is 329 g/mol. The normalized spacial score (nSPS) is 23.6. The zero-order valence-corrected chi connectivity index (χ0v) is 13.8. The maximum Gasteiger partial charge on any atom is 0.237 e. The Morgan fingerprint density at radius 1 is 1.25 bits per heavy atom. The van der Waals surface area contributed by atoms with Crippen LogP contribution >= 0.6 is 11.8 Å². The number of benzene rings is 1. The SMILES string of the molecule is O=C1C[C@@]2(CCSC2)C(=O)N1Cc1ccn(-c2ccccc2F)n1. The third-order valence-electron chi connectivity index (χ3n) is 4.66. The predicted molar refractivity (Wildman–Crippen MR) is 88.1 cm³/mol. The smallest absolute Gasteiger partial charge is 0.237 e. The van der Waals surface area contributed by atoms with Crippen LogP contribution in [0.25, 0.3) is 5.69 Å². The van der Waals surface area contributed by atoms with Gasteiger partial charge >= 0.3 is 0 Å². The summed E-state index contributed by atoms with van der Waals surface area (Å²) in [4.78, 5) is 26.3. The molecule has 0 bridgehead atoms. The van der Waals surface area contributed by atoms with Crippen LogP contribution in [0, 0.1) is 11.2 Å². The van der Waals surface area contributed by atoms with E-state index >= 15 is 0 Å². The van der Waals surface area contributed by atoms with Crippen molar-refractivity contribution in [2.24, 2.45) is 5.41 Å². The van der Waals surface area contributed by atoms with Crippen LogP contribution in [0.5, 0.6) is 0 Å². The molecule has 2 aliphatic rings. The van der Waals surface area contributed by atoms with Crippen LogP contribution in [0.2, 0.25) is 0 Å². The summed E-state index contributed by atoms with van der Waals surface area (Å²) >= 11 is 1.73. The van der Waals surface area contributed by atoms with Gasteiger partial charge in [-0.1, -0.05) is 12.1 Å². The van der Waals surface area contributed by atoms with Crippen LogP contribution in [0.4, 0.5) is 4.39 Å². The zero-order valence-electron chi connectivity index (χ0n) is 12.9. The molecule has 5 nitrogen and oxygen atoms in total. The highest BCUT2D eigenvalue weighted by molar-refractivity contribution is 7.99. The Morgan fingerprint density at radius 3 is 2.83 bits per heavy atom. The summed E-state index contributed by atoms with van der Waals surface area (Å²) in [6, 6.07) is 8.05. The third-order valence-corrected chi connectivity index (χ3v) is 5.91. The number of rotatable bonds is 3. The maximum absolute atomic E-state index is 13.8. The summed E-state index contributed by atoms with van der Waals surface area (Å²) in [6.07, 6.45) is 2.70. The summed E-state index contributed by atoms with van der Waals surface area (Å²) in [5.74, 6) is 1.05. The highest BCUT2D eigenvalue weighted by atomic mass is 32.2. The molecule has 3 heterocycles. The van der Waals surface area contributed by atoms with Crippen LogP contribution in [-0.2, 0) is 16.1 Å². The first-order chi connectivity index (χ1) is 11.6. The van der Waals surface area contributed by atoms with Gasteiger partial charge in [0.1, 0.15) is 11.5 Å². The number of para-hydroxylation sites is 1. The van der Waals surface area contributed by atoms with Crippen molar-refractivity contribution in [3.05, 3.63) is 48.0 Å². The standard InChI is InChI=1S/C17H16FN3O2S/c18-13-3-1-2-4-14(13)21-7-5-12(19-21)10-20-15(22)9-17(16(20)23)6-8-24-11-17/h1-5,7H,6,8-11H2/t17-/m1/s1. The van der Waals surface area contributed by atoms with Crippen molar-refractivity contribution in [3.8, 4) is 5.69 Å². The maximum atomic E-state index is 13.8. The van der Waals surface area contributed by atoms with Crippen molar-refractivity contribution in [1.29, 1.82) is 0 Å². The molecule has 2 aromatic rings. The van der Waals surface area contributed by atoms with Gasteiger partial charge in [-0.15, -0.1) is 0 Å². The molecule has 1 aromatic heterocycles.